The number of aromatic nitrogens is 1. The molecule has 1 rings (SSSR count). The summed E-state index contributed by atoms with van der Waals surface area (Å²) in [5.41, 5.74) is 0. The molecule has 0 aromatic carbocycles. The number of carbonyl (C=O) groups excluding carboxylic acids is 1. The first-order valence-corrected chi connectivity index (χ1v) is 3.24. The molecule has 0 saturated carbocycles. The van der Waals surface area contributed by atoms with Gasteiger partial charge in [0.25, 0.3) is 0 Å². The number of nitrogens with zero attached hydrogens (tertiary/aromatic N) is 2. The van der Waals surface area contributed by atoms with Gasteiger partial charge in [0.1, 0.15) is 10.9 Å². The number of hydrogen-bond donors (Lipinski definition) is 1. The predicted octanol–water partition coefficient (Wildman–Crippen LogP) is 0.583. The predicted molar refractivity (Wildman–Crippen MR) is 36.5 cm³/mol. The van der Waals surface area contributed by atoms with Gasteiger partial charge in [0, 0.05) is 0 Å². The minimum Gasteiger partial charge on any atom is -0.305 e. The quantitative estimate of drug-likeness (QED) is 0.632. The molecular formula is C5H3N3OS. The van der Waals surface area contributed by atoms with Gasteiger partial charge >= 0.3 is 0 Å². The van der Waals surface area contributed by atoms with E-state index in [0.29, 0.717) is 16.4 Å². The molecule has 10 heavy (non-hydrogen) atoms. The Kier molecular flexibility index (Phi) is 1.97. The van der Waals surface area contributed by atoms with Crippen LogP contribution < -0.4 is 5.32 Å². The molecular weight excluding hydrogens is 150 g/mol. The van der Waals surface area contributed by atoms with Crippen molar-refractivity contribution >= 4 is 22.9 Å². The highest BCUT2D eigenvalue weighted by Gasteiger charge is 1.97. The van der Waals surface area contributed by atoms with E-state index in [1.165, 1.54) is 6.20 Å². The molecule has 1 aromatic heterocycles. The second kappa shape index (κ2) is 2.94. The van der Waals surface area contributed by atoms with E-state index in [9.17, 15) is 4.79 Å². The number of rotatable bonds is 2. The summed E-state index contributed by atoms with van der Waals surface area (Å²) in [7, 11) is 0. The van der Waals surface area contributed by atoms with Crippen LogP contribution in [0.4, 0.5) is 5.13 Å². The van der Waals surface area contributed by atoms with Crippen LogP contribution in [0.25, 0.3) is 0 Å². The molecule has 0 fully saturated rings. The maximum atomic E-state index is 9.84. The number of amides is 1. The molecule has 5 heteroatoms. The Labute approximate surface area is 61.1 Å². The third-order valence-corrected chi connectivity index (χ3v) is 1.63. The van der Waals surface area contributed by atoms with Gasteiger partial charge in [-0.25, -0.2) is 4.98 Å². The number of carbonyl (C=O) groups is 1. The monoisotopic (exact) mass is 153 g/mol. The van der Waals surface area contributed by atoms with E-state index in [1.807, 2.05) is 6.07 Å². The molecule has 1 N–H and O–H groups in total. The molecule has 0 aliphatic rings. The highest BCUT2D eigenvalue weighted by atomic mass is 32.1. The van der Waals surface area contributed by atoms with Crippen LogP contribution in [0.3, 0.4) is 0 Å². The Balaban J connectivity index is 2.80. The van der Waals surface area contributed by atoms with Crippen molar-refractivity contribution < 1.29 is 4.79 Å². The van der Waals surface area contributed by atoms with Crippen molar-refractivity contribution in [3.05, 3.63) is 11.1 Å². The van der Waals surface area contributed by atoms with E-state index < -0.39 is 0 Å². The van der Waals surface area contributed by atoms with Crippen molar-refractivity contribution in [3.8, 4) is 6.07 Å². The summed E-state index contributed by atoms with van der Waals surface area (Å²) < 4.78 is 0. The van der Waals surface area contributed by atoms with Gasteiger partial charge in [0.2, 0.25) is 6.41 Å². The molecule has 0 aliphatic heterocycles. The zero-order valence-electron chi connectivity index (χ0n) is 4.87. The minimum absolute atomic E-state index is 0.451. The Bertz CT molecular complexity index is 275. The van der Waals surface area contributed by atoms with Gasteiger partial charge in [-0.05, 0) is 0 Å². The fraction of sp³-hybridized carbons (Fsp3) is 0. The van der Waals surface area contributed by atoms with Gasteiger partial charge < -0.3 is 5.32 Å². The van der Waals surface area contributed by atoms with Crippen LogP contribution in [0.2, 0.25) is 0 Å². The maximum absolute atomic E-state index is 9.84. The van der Waals surface area contributed by atoms with Crippen molar-refractivity contribution in [2.75, 3.05) is 5.32 Å². The number of hydrogen-bond acceptors (Lipinski definition) is 4. The summed E-state index contributed by atoms with van der Waals surface area (Å²) in [6.45, 7) is 0. The molecule has 1 aromatic rings. The average Bonchev–Trinajstić information content (AvgIpc) is 2.37. The van der Waals surface area contributed by atoms with Crippen LogP contribution in [0.1, 0.15) is 4.88 Å². The normalized spacial score (nSPS) is 8.30. The largest absolute Gasteiger partial charge is 0.305 e. The molecule has 1 amide bonds. The first kappa shape index (κ1) is 6.71. The lowest BCUT2D eigenvalue weighted by Gasteiger charge is -1.83. The smallest absolute Gasteiger partial charge is 0.213 e. The van der Waals surface area contributed by atoms with Crippen molar-refractivity contribution in [1.82, 2.24) is 4.98 Å². The lowest BCUT2D eigenvalue weighted by atomic mass is 10.6. The molecule has 0 saturated heterocycles. The summed E-state index contributed by atoms with van der Waals surface area (Å²) in [5, 5.41) is 11.1. The molecule has 0 atom stereocenters. The first-order chi connectivity index (χ1) is 4.86. The van der Waals surface area contributed by atoms with E-state index in [2.05, 4.69) is 10.3 Å². The summed E-state index contributed by atoms with van der Waals surface area (Å²) in [5.74, 6) is 0. The second-order valence-electron chi connectivity index (χ2n) is 1.40. The lowest BCUT2D eigenvalue weighted by Crippen LogP contribution is -1.90. The Morgan fingerprint density at radius 3 is 3.20 bits per heavy atom. The highest BCUT2D eigenvalue weighted by molar-refractivity contribution is 7.16. The lowest BCUT2D eigenvalue weighted by molar-refractivity contribution is -0.105. The van der Waals surface area contributed by atoms with Gasteiger partial charge in [-0.3, -0.25) is 4.79 Å². The van der Waals surface area contributed by atoms with Crippen LogP contribution in [0.5, 0.6) is 0 Å². The zero-order valence-corrected chi connectivity index (χ0v) is 5.68. The van der Waals surface area contributed by atoms with Crippen molar-refractivity contribution in [1.29, 1.82) is 5.26 Å². The Hall–Kier alpha value is -1.41. The van der Waals surface area contributed by atoms with Gasteiger partial charge in [-0.1, -0.05) is 11.3 Å². The molecule has 0 radical (unpaired) electrons. The molecule has 0 aliphatic carbocycles. The third-order valence-electron chi connectivity index (χ3n) is 0.798. The Morgan fingerprint density at radius 2 is 2.70 bits per heavy atom. The summed E-state index contributed by atoms with van der Waals surface area (Å²) in [6, 6.07) is 1.91. The van der Waals surface area contributed by atoms with Crippen LogP contribution in [0.15, 0.2) is 6.20 Å². The zero-order chi connectivity index (χ0) is 7.40. The molecule has 50 valence electrons. The van der Waals surface area contributed by atoms with E-state index in [1.54, 1.807) is 0 Å². The van der Waals surface area contributed by atoms with Crippen LogP contribution in [0, 0.1) is 11.3 Å². The summed E-state index contributed by atoms with van der Waals surface area (Å²) in [6.07, 6.45) is 1.94. The van der Waals surface area contributed by atoms with E-state index in [4.69, 9.17) is 5.26 Å². The molecule has 0 spiro atoms. The fourth-order valence-electron chi connectivity index (χ4n) is 0.443. The third kappa shape index (κ3) is 1.30. The SMILES string of the molecule is N#Cc1cnc(NC=O)s1. The van der Waals surface area contributed by atoms with Gasteiger partial charge in [-0.15, -0.1) is 0 Å². The Morgan fingerprint density at radius 1 is 1.90 bits per heavy atom. The number of nitrogens with one attached hydrogen (secondary N) is 1. The molecule has 0 unspecified atom stereocenters. The summed E-state index contributed by atoms with van der Waals surface area (Å²) >= 11 is 1.14. The first-order valence-electron chi connectivity index (χ1n) is 2.43. The maximum Gasteiger partial charge on any atom is 0.213 e. The molecule has 1 heterocycles. The topological polar surface area (TPSA) is 65.8 Å². The van der Waals surface area contributed by atoms with Crippen molar-refractivity contribution in [3.63, 3.8) is 0 Å². The van der Waals surface area contributed by atoms with Crippen LogP contribution in [-0.4, -0.2) is 11.4 Å². The fourth-order valence-corrected chi connectivity index (χ4v) is 1.01. The van der Waals surface area contributed by atoms with Crippen LogP contribution in [-0.2, 0) is 4.79 Å². The van der Waals surface area contributed by atoms with Gasteiger partial charge in [0.05, 0.1) is 6.20 Å². The number of thiazole rings is 1. The van der Waals surface area contributed by atoms with Crippen LogP contribution >= 0.6 is 11.3 Å². The second-order valence-corrected chi connectivity index (χ2v) is 2.43. The number of anilines is 1. The average molecular weight is 153 g/mol. The van der Waals surface area contributed by atoms with Crippen molar-refractivity contribution in [2.45, 2.75) is 0 Å². The van der Waals surface area contributed by atoms with Crippen molar-refractivity contribution in [2.24, 2.45) is 0 Å². The highest BCUT2D eigenvalue weighted by Crippen LogP contribution is 2.15. The van der Waals surface area contributed by atoms with Gasteiger partial charge in [-0.2, -0.15) is 5.26 Å². The van der Waals surface area contributed by atoms with E-state index >= 15 is 0 Å². The number of nitriles is 1. The molecule has 0 bridgehead atoms. The molecule has 4 nitrogen and oxygen atoms in total. The van der Waals surface area contributed by atoms with Gasteiger partial charge in [0.15, 0.2) is 5.13 Å². The minimum atomic E-state index is 0.451. The summed E-state index contributed by atoms with van der Waals surface area (Å²) in [4.78, 5) is 14.1. The van der Waals surface area contributed by atoms with E-state index in [-0.39, 0.29) is 0 Å². The van der Waals surface area contributed by atoms with E-state index in [0.717, 1.165) is 11.3 Å². The standard InChI is InChI=1S/C5H3N3OS/c6-1-4-2-7-5(10-4)8-3-9/h2-3H,(H,7,8,9).